The molecule has 1 spiro atoms. The fourth-order valence-corrected chi connectivity index (χ4v) is 10.4. The summed E-state index contributed by atoms with van der Waals surface area (Å²) in [5.74, 6) is 3.64. The molecule has 7 rings (SSSR count). The summed E-state index contributed by atoms with van der Waals surface area (Å²) in [5.41, 5.74) is 0.869. The highest BCUT2D eigenvalue weighted by Crippen LogP contribution is 2.72. The first-order valence-electron chi connectivity index (χ1n) is 13.7. The van der Waals surface area contributed by atoms with Gasteiger partial charge >= 0.3 is 0 Å². The van der Waals surface area contributed by atoms with Gasteiger partial charge < -0.3 is 10.6 Å². The SMILES string of the molecule is CC12CCC3C(CC4(CC4)C4NC(=O)CCC34C)C1CCC2CC(=O)Nc1nnc(C2CC2)s1. The molecule has 1 aromatic rings. The largest absolute Gasteiger partial charge is 0.352 e. The van der Waals surface area contributed by atoms with E-state index in [1.165, 1.54) is 57.8 Å². The van der Waals surface area contributed by atoms with Crippen molar-refractivity contribution in [2.24, 2.45) is 39.9 Å². The van der Waals surface area contributed by atoms with Crippen molar-refractivity contribution in [2.75, 3.05) is 5.32 Å². The number of nitrogens with zero attached hydrogens (tertiary/aromatic N) is 2. The first kappa shape index (κ1) is 21.8. The van der Waals surface area contributed by atoms with Gasteiger partial charge in [0.15, 0.2) is 0 Å². The predicted molar refractivity (Wildman–Crippen MR) is 131 cm³/mol. The zero-order valence-corrected chi connectivity index (χ0v) is 21.4. The van der Waals surface area contributed by atoms with Crippen molar-refractivity contribution in [3.8, 4) is 0 Å². The van der Waals surface area contributed by atoms with Crippen LogP contribution in [0.3, 0.4) is 0 Å². The number of amides is 2. The summed E-state index contributed by atoms with van der Waals surface area (Å²) in [6.45, 7) is 5.01. The number of hydrogen-bond acceptors (Lipinski definition) is 5. The topological polar surface area (TPSA) is 84.0 Å². The van der Waals surface area contributed by atoms with E-state index < -0.39 is 0 Å². The second kappa shape index (κ2) is 7.27. The molecule has 6 fully saturated rings. The molecule has 5 aliphatic carbocycles. The normalized spacial score (nSPS) is 44.1. The average molecular weight is 483 g/mol. The van der Waals surface area contributed by atoms with Crippen LogP contribution >= 0.6 is 11.3 Å². The zero-order valence-electron chi connectivity index (χ0n) is 20.6. The number of nitrogens with one attached hydrogen (secondary N) is 2. The first-order valence-corrected chi connectivity index (χ1v) is 14.6. The van der Waals surface area contributed by atoms with Crippen LogP contribution in [-0.2, 0) is 9.59 Å². The molecule has 7 heteroatoms. The summed E-state index contributed by atoms with van der Waals surface area (Å²) in [4.78, 5) is 25.4. The average Bonchev–Trinajstić information content (AvgIpc) is 3.72. The molecular weight excluding hydrogens is 444 g/mol. The Balaban J connectivity index is 1.08. The van der Waals surface area contributed by atoms with E-state index in [0.29, 0.717) is 41.3 Å². The molecule has 6 nitrogen and oxygen atoms in total. The van der Waals surface area contributed by atoms with Gasteiger partial charge in [-0.05, 0) is 104 Å². The Morgan fingerprint density at radius 3 is 2.59 bits per heavy atom. The van der Waals surface area contributed by atoms with Crippen LogP contribution in [0.5, 0.6) is 0 Å². The molecule has 0 bridgehead atoms. The Labute approximate surface area is 206 Å². The third-order valence-electron chi connectivity index (χ3n) is 11.5. The standard InChI is InChI=1S/C27H38N4O2S/c1-25-9-7-19-17(14-27(11-12-27)23-26(19,2)10-8-20(32)28-23)18(25)6-5-16(25)13-21(33)29-24-31-30-22(34-24)15-3-4-15/h15-19,23H,3-14H2,1-2H3,(H,28,32)(H,29,31,33). The minimum Gasteiger partial charge on any atom is -0.352 e. The molecular formula is C27H38N4O2S. The van der Waals surface area contributed by atoms with Crippen molar-refractivity contribution >= 4 is 28.3 Å². The van der Waals surface area contributed by atoms with Gasteiger partial charge in [0, 0.05) is 24.8 Å². The molecule has 1 saturated heterocycles. The lowest BCUT2D eigenvalue weighted by molar-refractivity contribution is -0.147. The lowest BCUT2D eigenvalue weighted by atomic mass is 9.44. The van der Waals surface area contributed by atoms with E-state index in [-0.39, 0.29) is 22.6 Å². The van der Waals surface area contributed by atoms with Gasteiger partial charge in [0.2, 0.25) is 16.9 Å². The van der Waals surface area contributed by atoms with Gasteiger partial charge in [-0.2, -0.15) is 0 Å². The molecule has 1 aromatic heterocycles. The van der Waals surface area contributed by atoms with Gasteiger partial charge in [-0.25, -0.2) is 0 Å². The number of hydrogen-bond donors (Lipinski definition) is 2. The number of carbonyl (C=O) groups excluding carboxylic acids is 2. The molecule has 2 amide bonds. The van der Waals surface area contributed by atoms with E-state index in [1.54, 1.807) is 11.3 Å². The Kier molecular flexibility index (Phi) is 4.65. The van der Waals surface area contributed by atoms with E-state index in [9.17, 15) is 9.59 Å². The fourth-order valence-electron chi connectivity index (χ4n) is 9.43. The summed E-state index contributed by atoms with van der Waals surface area (Å²) < 4.78 is 0. The number of piperidine rings is 1. The lowest BCUT2D eigenvalue weighted by Crippen LogP contribution is -2.65. The molecule has 184 valence electrons. The van der Waals surface area contributed by atoms with Crippen LogP contribution in [-0.4, -0.2) is 28.1 Å². The Morgan fingerprint density at radius 1 is 1.03 bits per heavy atom. The summed E-state index contributed by atoms with van der Waals surface area (Å²) in [6, 6.07) is 0.391. The van der Waals surface area contributed by atoms with Gasteiger partial charge in [0.05, 0.1) is 0 Å². The van der Waals surface area contributed by atoms with Crippen molar-refractivity contribution in [1.29, 1.82) is 0 Å². The van der Waals surface area contributed by atoms with Crippen LogP contribution in [0.4, 0.5) is 5.13 Å². The summed E-state index contributed by atoms with van der Waals surface area (Å²) in [7, 11) is 0. The van der Waals surface area contributed by atoms with Crippen molar-refractivity contribution in [3.63, 3.8) is 0 Å². The van der Waals surface area contributed by atoms with Crippen molar-refractivity contribution in [1.82, 2.24) is 15.5 Å². The molecule has 34 heavy (non-hydrogen) atoms. The number of aromatic nitrogens is 2. The maximum absolute atomic E-state index is 13.0. The van der Waals surface area contributed by atoms with Crippen LogP contribution in [0.25, 0.3) is 0 Å². The fraction of sp³-hybridized carbons (Fsp3) is 0.852. The molecule has 2 N–H and O–H groups in total. The Hall–Kier alpha value is -1.50. The smallest absolute Gasteiger partial charge is 0.226 e. The highest BCUT2D eigenvalue weighted by atomic mass is 32.1. The van der Waals surface area contributed by atoms with Gasteiger partial charge in [-0.1, -0.05) is 25.2 Å². The van der Waals surface area contributed by atoms with Crippen LogP contribution in [0, 0.1) is 39.9 Å². The van der Waals surface area contributed by atoms with Crippen LogP contribution in [0.2, 0.25) is 0 Å². The minimum absolute atomic E-state index is 0.122. The predicted octanol–water partition coefficient (Wildman–Crippen LogP) is 5.27. The van der Waals surface area contributed by atoms with E-state index in [1.807, 2.05) is 0 Å². The van der Waals surface area contributed by atoms with Crippen molar-refractivity contribution in [2.45, 2.75) is 103 Å². The molecule has 5 saturated carbocycles. The minimum atomic E-state index is 0.122. The monoisotopic (exact) mass is 482 g/mol. The summed E-state index contributed by atoms with van der Waals surface area (Å²) in [6.07, 6.45) is 13.6. The Morgan fingerprint density at radius 2 is 1.82 bits per heavy atom. The third-order valence-corrected chi connectivity index (χ3v) is 12.5. The maximum Gasteiger partial charge on any atom is 0.226 e. The second-order valence-electron chi connectivity index (χ2n) is 13.2. The van der Waals surface area contributed by atoms with Gasteiger partial charge in [0.1, 0.15) is 5.01 Å². The van der Waals surface area contributed by atoms with Gasteiger partial charge in [-0.3, -0.25) is 9.59 Å². The lowest BCUT2D eigenvalue weighted by Gasteiger charge is -2.63. The van der Waals surface area contributed by atoms with Crippen LogP contribution < -0.4 is 10.6 Å². The third kappa shape index (κ3) is 3.17. The summed E-state index contributed by atoms with van der Waals surface area (Å²) in [5, 5.41) is 16.8. The van der Waals surface area contributed by atoms with Gasteiger partial charge in [0.25, 0.3) is 0 Å². The first-order chi connectivity index (χ1) is 16.3. The van der Waals surface area contributed by atoms with E-state index in [4.69, 9.17) is 0 Å². The number of rotatable bonds is 4. The van der Waals surface area contributed by atoms with E-state index in [0.717, 1.165) is 29.2 Å². The number of anilines is 1. The molecule has 2 heterocycles. The van der Waals surface area contributed by atoms with Crippen molar-refractivity contribution in [3.05, 3.63) is 5.01 Å². The van der Waals surface area contributed by atoms with E-state index in [2.05, 4.69) is 34.7 Å². The number of carbonyl (C=O) groups is 2. The molecule has 0 radical (unpaired) electrons. The summed E-state index contributed by atoms with van der Waals surface area (Å²) >= 11 is 1.56. The van der Waals surface area contributed by atoms with E-state index >= 15 is 0 Å². The molecule has 7 unspecified atom stereocenters. The van der Waals surface area contributed by atoms with Gasteiger partial charge in [-0.15, -0.1) is 10.2 Å². The van der Waals surface area contributed by atoms with Crippen LogP contribution in [0.15, 0.2) is 0 Å². The number of fused-ring (bicyclic) bond motifs is 6. The Bertz CT molecular complexity index is 1030. The highest BCUT2D eigenvalue weighted by molar-refractivity contribution is 7.15. The molecule has 7 atom stereocenters. The molecule has 1 aliphatic heterocycles. The maximum atomic E-state index is 13.0. The highest BCUT2D eigenvalue weighted by Gasteiger charge is 2.68. The quantitative estimate of drug-likeness (QED) is 0.612. The zero-order chi connectivity index (χ0) is 23.3. The van der Waals surface area contributed by atoms with Crippen molar-refractivity contribution < 1.29 is 9.59 Å². The second-order valence-corrected chi connectivity index (χ2v) is 14.2. The molecule has 6 aliphatic rings. The molecule has 0 aromatic carbocycles. The van der Waals surface area contributed by atoms with Crippen LogP contribution in [0.1, 0.15) is 102 Å².